The lowest BCUT2D eigenvalue weighted by molar-refractivity contribution is -0.141. The largest absolute Gasteiger partial charge is 0.372 e. The van der Waals surface area contributed by atoms with Crippen molar-refractivity contribution < 1.29 is 9.53 Å². The molecule has 1 amide bonds. The fraction of sp³-hybridized carbons (Fsp3) is 0.923. The molecule has 0 aromatic carbocycles. The molecule has 2 atom stereocenters. The van der Waals surface area contributed by atoms with Crippen molar-refractivity contribution >= 4 is 5.91 Å². The molecule has 0 bridgehead atoms. The van der Waals surface area contributed by atoms with Gasteiger partial charge in [0.25, 0.3) is 5.91 Å². The average molecular weight is 255 g/mol. The van der Waals surface area contributed by atoms with E-state index >= 15 is 0 Å². The van der Waals surface area contributed by atoms with Gasteiger partial charge in [-0.1, -0.05) is 6.92 Å². The van der Waals surface area contributed by atoms with Gasteiger partial charge in [-0.25, -0.2) is 0 Å². The van der Waals surface area contributed by atoms with Gasteiger partial charge < -0.3 is 15.0 Å². The second-order valence-corrected chi connectivity index (χ2v) is 5.15. The van der Waals surface area contributed by atoms with E-state index in [0.717, 1.165) is 52.1 Å². The Balaban J connectivity index is 1.85. The van der Waals surface area contributed by atoms with Crippen LogP contribution in [0.25, 0.3) is 0 Å². The molecule has 2 heterocycles. The lowest BCUT2D eigenvalue weighted by Crippen LogP contribution is -2.49. The first-order valence-electron chi connectivity index (χ1n) is 7.02. The quantitative estimate of drug-likeness (QED) is 0.763. The maximum Gasteiger partial charge on any atom is 0.251 e. The minimum Gasteiger partial charge on any atom is -0.372 e. The van der Waals surface area contributed by atoms with Gasteiger partial charge in [0.05, 0.1) is 0 Å². The minimum absolute atomic E-state index is 0.164. The summed E-state index contributed by atoms with van der Waals surface area (Å²) in [5.41, 5.74) is 0. The summed E-state index contributed by atoms with van der Waals surface area (Å²) in [5.74, 6) is 0.164. The zero-order chi connectivity index (χ0) is 13.0. The van der Waals surface area contributed by atoms with E-state index in [4.69, 9.17) is 4.74 Å². The summed E-state index contributed by atoms with van der Waals surface area (Å²) in [6.07, 6.45) is 1.60. The molecule has 18 heavy (non-hydrogen) atoms. The van der Waals surface area contributed by atoms with Gasteiger partial charge in [0.1, 0.15) is 6.10 Å². The van der Waals surface area contributed by atoms with E-state index in [2.05, 4.69) is 10.2 Å². The van der Waals surface area contributed by atoms with Gasteiger partial charge in [-0.05, 0) is 12.8 Å². The van der Waals surface area contributed by atoms with E-state index in [1.54, 1.807) is 7.11 Å². The summed E-state index contributed by atoms with van der Waals surface area (Å²) in [6.45, 7) is 8.10. The van der Waals surface area contributed by atoms with Crippen LogP contribution in [0.15, 0.2) is 0 Å². The molecular weight excluding hydrogens is 230 g/mol. The first kappa shape index (κ1) is 13.8. The Morgan fingerprint density at radius 2 is 2.11 bits per heavy atom. The van der Waals surface area contributed by atoms with Crippen molar-refractivity contribution in [2.24, 2.45) is 0 Å². The molecule has 0 radical (unpaired) electrons. The topological polar surface area (TPSA) is 44.8 Å². The number of piperazine rings is 1. The summed E-state index contributed by atoms with van der Waals surface area (Å²) >= 11 is 0. The maximum absolute atomic E-state index is 12.2. The normalized spacial score (nSPS) is 27.4. The Labute approximate surface area is 109 Å². The zero-order valence-electron chi connectivity index (χ0n) is 11.5. The SMILES string of the molecule is CCC(OC)C(=O)N1CCC(N2CCNCC2)C1. The molecule has 0 spiro atoms. The number of nitrogens with one attached hydrogen (secondary N) is 1. The Kier molecular flexibility index (Phi) is 4.97. The lowest BCUT2D eigenvalue weighted by atomic mass is 10.2. The predicted octanol–water partition coefficient (Wildman–Crippen LogP) is -0.0825. The summed E-state index contributed by atoms with van der Waals surface area (Å²) in [4.78, 5) is 16.7. The van der Waals surface area contributed by atoms with E-state index in [1.165, 1.54) is 0 Å². The molecule has 5 heteroatoms. The van der Waals surface area contributed by atoms with Gasteiger partial charge in [-0.15, -0.1) is 0 Å². The molecule has 1 N–H and O–H groups in total. The number of methoxy groups -OCH3 is 1. The second-order valence-electron chi connectivity index (χ2n) is 5.15. The zero-order valence-corrected chi connectivity index (χ0v) is 11.5. The number of hydrogen-bond donors (Lipinski definition) is 1. The van der Waals surface area contributed by atoms with Crippen LogP contribution in [0.1, 0.15) is 19.8 Å². The van der Waals surface area contributed by atoms with Crippen molar-refractivity contribution in [1.29, 1.82) is 0 Å². The number of nitrogens with zero attached hydrogens (tertiary/aromatic N) is 2. The number of rotatable bonds is 4. The first-order chi connectivity index (χ1) is 8.76. The van der Waals surface area contributed by atoms with Crippen LogP contribution >= 0.6 is 0 Å². The van der Waals surface area contributed by atoms with E-state index in [-0.39, 0.29) is 12.0 Å². The van der Waals surface area contributed by atoms with Crippen molar-refractivity contribution in [3.8, 4) is 0 Å². The second kappa shape index (κ2) is 6.50. The van der Waals surface area contributed by atoms with Gasteiger partial charge in [0, 0.05) is 52.4 Å². The molecule has 2 rings (SSSR count). The highest BCUT2D eigenvalue weighted by atomic mass is 16.5. The highest BCUT2D eigenvalue weighted by Gasteiger charge is 2.33. The molecule has 0 aromatic heterocycles. The number of amides is 1. The molecule has 2 saturated heterocycles. The van der Waals surface area contributed by atoms with E-state index in [0.29, 0.717) is 6.04 Å². The van der Waals surface area contributed by atoms with Crippen LogP contribution in [-0.2, 0) is 9.53 Å². The van der Waals surface area contributed by atoms with E-state index in [1.807, 2.05) is 11.8 Å². The molecule has 2 fully saturated rings. The van der Waals surface area contributed by atoms with Crippen LogP contribution in [0, 0.1) is 0 Å². The monoisotopic (exact) mass is 255 g/mol. The standard InChI is InChI=1S/C13H25N3O2/c1-3-12(18-2)13(17)16-7-4-11(10-16)15-8-5-14-6-9-15/h11-12,14H,3-10H2,1-2H3. The van der Waals surface area contributed by atoms with E-state index < -0.39 is 0 Å². The van der Waals surface area contributed by atoms with Crippen molar-refractivity contribution in [3.63, 3.8) is 0 Å². The smallest absolute Gasteiger partial charge is 0.251 e. The molecular formula is C13H25N3O2. The average Bonchev–Trinajstić information content (AvgIpc) is 2.90. The van der Waals surface area contributed by atoms with Gasteiger partial charge in [-0.2, -0.15) is 0 Å². The third-order valence-electron chi connectivity index (χ3n) is 4.07. The Morgan fingerprint density at radius 1 is 1.39 bits per heavy atom. The fourth-order valence-corrected chi connectivity index (χ4v) is 2.93. The molecule has 0 saturated carbocycles. The van der Waals surface area contributed by atoms with Gasteiger partial charge in [-0.3, -0.25) is 9.69 Å². The van der Waals surface area contributed by atoms with Crippen molar-refractivity contribution in [1.82, 2.24) is 15.1 Å². The molecule has 2 unspecified atom stereocenters. The minimum atomic E-state index is -0.258. The molecule has 2 aliphatic heterocycles. The third kappa shape index (κ3) is 3.02. The Bertz CT molecular complexity index is 275. The first-order valence-corrected chi connectivity index (χ1v) is 7.02. The predicted molar refractivity (Wildman–Crippen MR) is 70.5 cm³/mol. The van der Waals surface area contributed by atoms with Gasteiger partial charge >= 0.3 is 0 Å². The van der Waals surface area contributed by atoms with Crippen LogP contribution in [0.3, 0.4) is 0 Å². The summed E-state index contributed by atoms with van der Waals surface area (Å²) < 4.78 is 5.24. The van der Waals surface area contributed by atoms with Gasteiger partial charge in [0.2, 0.25) is 0 Å². The molecule has 0 aromatic rings. The maximum atomic E-state index is 12.2. The number of ether oxygens (including phenoxy) is 1. The van der Waals surface area contributed by atoms with Crippen molar-refractivity contribution in [2.75, 3.05) is 46.4 Å². The molecule has 0 aliphatic carbocycles. The number of carbonyl (C=O) groups is 1. The fourth-order valence-electron chi connectivity index (χ4n) is 2.93. The van der Waals surface area contributed by atoms with Crippen LogP contribution < -0.4 is 5.32 Å². The summed E-state index contributed by atoms with van der Waals surface area (Å²) in [7, 11) is 1.62. The molecule has 5 nitrogen and oxygen atoms in total. The van der Waals surface area contributed by atoms with Crippen LogP contribution in [0.2, 0.25) is 0 Å². The molecule has 2 aliphatic rings. The number of hydrogen-bond acceptors (Lipinski definition) is 4. The van der Waals surface area contributed by atoms with Crippen LogP contribution in [-0.4, -0.2) is 74.2 Å². The van der Waals surface area contributed by atoms with Crippen molar-refractivity contribution in [3.05, 3.63) is 0 Å². The lowest BCUT2D eigenvalue weighted by Gasteiger charge is -2.32. The Morgan fingerprint density at radius 3 is 2.72 bits per heavy atom. The van der Waals surface area contributed by atoms with Crippen LogP contribution in [0.5, 0.6) is 0 Å². The Hall–Kier alpha value is -0.650. The highest BCUT2D eigenvalue weighted by molar-refractivity contribution is 5.81. The number of likely N-dealkylation sites (tertiary alicyclic amines) is 1. The number of carbonyl (C=O) groups excluding carboxylic acids is 1. The van der Waals surface area contributed by atoms with Gasteiger partial charge in [0.15, 0.2) is 0 Å². The van der Waals surface area contributed by atoms with E-state index in [9.17, 15) is 4.79 Å². The third-order valence-corrected chi connectivity index (χ3v) is 4.07. The van der Waals surface area contributed by atoms with Crippen molar-refractivity contribution in [2.45, 2.75) is 31.9 Å². The van der Waals surface area contributed by atoms with Crippen LogP contribution in [0.4, 0.5) is 0 Å². The summed E-state index contributed by atoms with van der Waals surface area (Å²) in [6, 6.07) is 0.547. The highest BCUT2D eigenvalue weighted by Crippen LogP contribution is 2.18. The molecule has 104 valence electrons. The summed E-state index contributed by atoms with van der Waals surface area (Å²) in [5, 5.41) is 3.37.